The molecule has 0 amide bonds. The van der Waals surface area contributed by atoms with Crippen LogP contribution in [0.15, 0.2) is 47.3 Å². The summed E-state index contributed by atoms with van der Waals surface area (Å²) in [6.07, 6.45) is 5.66. The Bertz CT molecular complexity index is 493. The van der Waals surface area contributed by atoms with Gasteiger partial charge in [0.05, 0.1) is 18.3 Å². The molecular weight excluding hydrogens is 294 g/mol. The maximum Gasteiger partial charge on any atom is 0.120 e. The number of nitrogens with zero attached hydrogens (tertiary/aromatic N) is 2. The molecule has 1 atom stereocenters. The molecule has 2 aromatic rings. The molecule has 1 aromatic heterocycles. The number of ether oxygens (including phenoxy) is 1. The largest absolute Gasteiger partial charge is 0.493 e. The molecule has 1 heterocycles. The third-order valence-electron chi connectivity index (χ3n) is 2.46. The summed E-state index contributed by atoms with van der Waals surface area (Å²) in [4.78, 5) is 8.16. The van der Waals surface area contributed by atoms with Gasteiger partial charge in [0.25, 0.3) is 0 Å². The molecule has 18 heavy (non-hydrogen) atoms. The van der Waals surface area contributed by atoms with Gasteiger partial charge in [0.2, 0.25) is 0 Å². The van der Waals surface area contributed by atoms with E-state index in [2.05, 4.69) is 25.9 Å². The predicted octanol–water partition coefficient (Wildman–Crippen LogP) is 2.71. The van der Waals surface area contributed by atoms with Gasteiger partial charge in [-0.05, 0) is 18.2 Å². The van der Waals surface area contributed by atoms with E-state index in [0.29, 0.717) is 13.0 Å². The van der Waals surface area contributed by atoms with Gasteiger partial charge < -0.3 is 10.5 Å². The molecule has 94 valence electrons. The summed E-state index contributed by atoms with van der Waals surface area (Å²) < 4.78 is 6.62. The van der Waals surface area contributed by atoms with Crippen LogP contribution in [-0.2, 0) is 0 Å². The maximum absolute atomic E-state index is 6.00. The van der Waals surface area contributed by atoms with E-state index in [0.717, 1.165) is 15.9 Å². The molecule has 2 rings (SSSR count). The van der Waals surface area contributed by atoms with Crippen LogP contribution < -0.4 is 10.5 Å². The second kappa shape index (κ2) is 6.47. The second-order valence-electron chi connectivity index (χ2n) is 3.83. The van der Waals surface area contributed by atoms with Crippen LogP contribution in [0.3, 0.4) is 0 Å². The Kier molecular flexibility index (Phi) is 4.66. The van der Waals surface area contributed by atoms with E-state index in [1.165, 1.54) is 0 Å². The molecule has 0 saturated heterocycles. The highest BCUT2D eigenvalue weighted by Gasteiger charge is 2.07. The minimum atomic E-state index is -0.147. The summed E-state index contributed by atoms with van der Waals surface area (Å²) >= 11 is 3.40. The second-order valence-corrected chi connectivity index (χ2v) is 4.75. The molecule has 4 nitrogen and oxygen atoms in total. The van der Waals surface area contributed by atoms with Crippen LogP contribution in [0.25, 0.3) is 0 Å². The van der Waals surface area contributed by atoms with Crippen LogP contribution in [0, 0.1) is 0 Å². The monoisotopic (exact) mass is 307 g/mol. The van der Waals surface area contributed by atoms with E-state index in [-0.39, 0.29) is 6.04 Å². The summed E-state index contributed by atoms with van der Waals surface area (Å²) in [6.45, 7) is 0.550. The normalized spacial score (nSPS) is 12.1. The molecule has 0 fully saturated rings. The summed E-state index contributed by atoms with van der Waals surface area (Å²) in [7, 11) is 0. The number of hydrogen-bond donors (Lipinski definition) is 1. The highest BCUT2D eigenvalue weighted by molar-refractivity contribution is 9.10. The number of aromatic nitrogens is 2. The lowest BCUT2D eigenvalue weighted by atomic mass is 10.2. The van der Waals surface area contributed by atoms with Gasteiger partial charge in [-0.1, -0.05) is 22.0 Å². The number of rotatable bonds is 5. The number of halogens is 1. The van der Waals surface area contributed by atoms with Crippen molar-refractivity contribution in [2.75, 3.05) is 6.61 Å². The van der Waals surface area contributed by atoms with Crippen molar-refractivity contribution in [3.8, 4) is 5.75 Å². The van der Waals surface area contributed by atoms with Gasteiger partial charge >= 0.3 is 0 Å². The zero-order valence-corrected chi connectivity index (χ0v) is 11.4. The molecule has 1 unspecified atom stereocenters. The quantitative estimate of drug-likeness (QED) is 0.922. The number of nitrogens with two attached hydrogens (primary N) is 1. The predicted molar refractivity (Wildman–Crippen MR) is 73.2 cm³/mol. The third-order valence-corrected chi connectivity index (χ3v) is 2.95. The Balaban J connectivity index is 1.82. The molecule has 5 heteroatoms. The van der Waals surface area contributed by atoms with Crippen molar-refractivity contribution in [2.45, 2.75) is 12.5 Å². The summed E-state index contributed by atoms with van der Waals surface area (Å²) in [5.41, 5.74) is 6.78. The first-order chi connectivity index (χ1) is 8.75. The molecule has 1 aromatic carbocycles. The molecule has 0 aliphatic rings. The average molecular weight is 308 g/mol. The third kappa shape index (κ3) is 3.78. The fraction of sp³-hybridized carbons (Fsp3) is 0.231. The SMILES string of the molecule is NC(CCOc1cccc(Br)c1)c1cnccn1. The molecule has 0 aliphatic carbocycles. The highest BCUT2D eigenvalue weighted by atomic mass is 79.9. The van der Waals surface area contributed by atoms with E-state index in [9.17, 15) is 0 Å². The molecule has 0 spiro atoms. The highest BCUT2D eigenvalue weighted by Crippen LogP contribution is 2.18. The van der Waals surface area contributed by atoms with Crippen molar-refractivity contribution in [2.24, 2.45) is 5.73 Å². The number of hydrogen-bond acceptors (Lipinski definition) is 4. The van der Waals surface area contributed by atoms with E-state index in [1.54, 1.807) is 18.6 Å². The van der Waals surface area contributed by atoms with Crippen molar-refractivity contribution < 1.29 is 4.74 Å². The van der Waals surface area contributed by atoms with Crippen LogP contribution >= 0.6 is 15.9 Å². The Morgan fingerprint density at radius 2 is 2.22 bits per heavy atom. The lowest BCUT2D eigenvalue weighted by molar-refractivity contribution is 0.297. The zero-order valence-electron chi connectivity index (χ0n) is 9.79. The van der Waals surface area contributed by atoms with Gasteiger partial charge in [-0.25, -0.2) is 0 Å². The van der Waals surface area contributed by atoms with Gasteiger partial charge in [0, 0.05) is 29.5 Å². The Morgan fingerprint density at radius 1 is 1.33 bits per heavy atom. The van der Waals surface area contributed by atoms with Gasteiger partial charge in [0.15, 0.2) is 0 Å². The summed E-state index contributed by atoms with van der Waals surface area (Å²) in [5, 5.41) is 0. The van der Waals surface area contributed by atoms with Crippen LogP contribution in [0.5, 0.6) is 5.75 Å². The van der Waals surface area contributed by atoms with Crippen LogP contribution in [0.2, 0.25) is 0 Å². The van der Waals surface area contributed by atoms with Gasteiger partial charge in [0.1, 0.15) is 5.75 Å². The first kappa shape index (κ1) is 13.0. The molecule has 2 N–H and O–H groups in total. The van der Waals surface area contributed by atoms with Gasteiger partial charge in [-0.15, -0.1) is 0 Å². The Hall–Kier alpha value is -1.46. The van der Waals surface area contributed by atoms with E-state index < -0.39 is 0 Å². The standard InChI is InChI=1S/C13H14BrN3O/c14-10-2-1-3-11(8-10)18-7-4-12(15)13-9-16-5-6-17-13/h1-3,5-6,8-9,12H,4,7,15H2. The summed E-state index contributed by atoms with van der Waals surface area (Å²) in [6, 6.07) is 7.58. The van der Waals surface area contributed by atoms with Crippen LogP contribution in [0.4, 0.5) is 0 Å². The lowest BCUT2D eigenvalue weighted by Gasteiger charge is -2.11. The number of benzene rings is 1. The molecule has 0 radical (unpaired) electrons. The molecule has 0 bridgehead atoms. The minimum Gasteiger partial charge on any atom is -0.493 e. The van der Waals surface area contributed by atoms with E-state index in [4.69, 9.17) is 10.5 Å². The van der Waals surface area contributed by atoms with Crippen molar-refractivity contribution in [3.05, 3.63) is 53.0 Å². The zero-order chi connectivity index (χ0) is 12.8. The van der Waals surface area contributed by atoms with E-state index in [1.807, 2.05) is 24.3 Å². The minimum absolute atomic E-state index is 0.147. The molecular formula is C13H14BrN3O. The lowest BCUT2D eigenvalue weighted by Crippen LogP contribution is -2.15. The molecule has 0 saturated carbocycles. The van der Waals surface area contributed by atoms with Gasteiger partial charge in [-0.2, -0.15) is 0 Å². The fourth-order valence-corrected chi connectivity index (χ4v) is 1.89. The smallest absolute Gasteiger partial charge is 0.120 e. The van der Waals surface area contributed by atoms with Crippen molar-refractivity contribution in [1.29, 1.82) is 0 Å². The van der Waals surface area contributed by atoms with E-state index >= 15 is 0 Å². The molecule has 0 aliphatic heterocycles. The van der Waals surface area contributed by atoms with Gasteiger partial charge in [-0.3, -0.25) is 9.97 Å². The Morgan fingerprint density at radius 3 is 2.94 bits per heavy atom. The topological polar surface area (TPSA) is 61.0 Å². The maximum atomic E-state index is 6.00. The van der Waals surface area contributed by atoms with Crippen molar-refractivity contribution in [1.82, 2.24) is 9.97 Å². The van der Waals surface area contributed by atoms with Crippen LogP contribution in [-0.4, -0.2) is 16.6 Å². The van der Waals surface area contributed by atoms with Crippen molar-refractivity contribution >= 4 is 15.9 Å². The van der Waals surface area contributed by atoms with Crippen molar-refractivity contribution in [3.63, 3.8) is 0 Å². The Labute approximate surface area is 114 Å². The summed E-state index contributed by atoms with van der Waals surface area (Å²) in [5.74, 6) is 0.829. The average Bonchev–Trinajstić information content (AvgIpc) is 2.40. The fourth-order valence-electron chi connectivity index (χ4n) is 1.51. The van der Waals surface area contributed by atoms with Crippen LogP contribution in [0.1, 0.15) is 18.2 Å². The first-order valence-corrected chi connectivity index (χ1v) is 6.45. The first-order valence-electron chi connectivity index (χ1n) is 5.65.